The summed E-state index contributed by atoms with van der Waals surface area (Å²) in [5.74, 6) is 1.42. The first-order valence-corrected chi connectivity index (χ1v) is 6.85. The molecule has 0 unspecified atom stereocenters. The third-order valence-corrected chi connectivity index (χ3v) is 1.82. The van der Waals surface area contributed by atoms with Crippen molar-refractivity contribution in [1.29, 1.82) is 0 Å². The Balaban J connectivity index is 0. The Morgan fingerprint density at radius 3 is 1.84 bits per heavy atom. The maximum absolute atomic E-state index is 5.50. The normalized spacial score (nSPS) is 8.74. The van der Waals surface area contributed by atoms with Crippen LogP contribution in [-0.2, 0) is 0 Å². The minimum Gasteiger partial charge on any atom is -0.458 e. The van der Waals surface area contributed by atoms with Gasteiger partial charge in [-0.15, -0.1) is 0 Å². The van der Waals surface area contributed by atoms with Crippen molar-refractivity contribution in [3.63, 3.8) is 0 Å². The zero-order valence-corrected chi connectivity index (χ0v) is 13.3. The summed E-state index contributed by atoms with van der Waals surface area (Å²) >= 11 is 0. The van der Waals surface area contributed by atoms with Gasteiger partial charge in [0.2, 0.25) is 0 Å². The molecule has 1 aromatic rings. The second-order valence-electron chi connectivity index (χ2n) is 3.56. The van der Waals surface area contributed by atoms with Gasteiger partial charge in [-0.05, 0) is 32.1 Å². The van der Waals surface area contributed by atoms with Gasteiger partial charge >= 0.3 is 0 Å². The number of allylic oxidation sites excluding steroid dienone is 3. The molecule has 1 rings (SSSR count). The second kappa shape index (κ2) is 12.7. The van der Waals surface area contributed by atoms with Crippen LogP contribution in [0, 0.1) is 6.92 Å². The Labute approximate surface area is 119 Å². The highest BCUT2D eigenvalue weighted by Crippen LogP contribution is 2.14. The van der Waals surface area contributed by atoms with Crippen molar-refractivity contribution in [3.05, 3.63) is 66.5 Å². The molecule has 0 saturated carbocycles. The van der Waals surface area contributed by atoms with Gasteiger partial charge in [0.1, 0.15) is 11.5 Å². The summed E-state index contributed by atoms with van der Waals surface area (Å²) in [7, 11) is 0. The fourth-order valence-electron chi connectivity index (χ4n) is 1.03. The van der Waals surface area contributed by atoms with Crippen LogP contribution in [0.4, 0.5) is 0 Å². The number of rotatable bonds is 4. The number of ether oxygens (including phenoxy) is 1. The van der Waals surface area contributed by atoms with Crippen molar-refractivity contribution < 1.29 is 4.74 Å². The summed E-state index contributed by atoms with van der Waals surface area (Å²) in [5.41, 5.74) is 2.19. The molecule has 0 aliphatic heterocycles. The topological polar surface area (TPSA) is 9.23 Å². The molecule has 106 valence electrons. The fourth-order valence-corrected chi connectivity index (χ4v) is 1.03. The number of hydrogen-bond donors (Lipinski definition) is 0. The van der Waals surface area contributed by atoms with Crippen LogP contribution in [-0.4, -0.2) is 0 Å². The van der Waals surface area contributed by atoms with E-state index in [4.69, 9.17) is 4.74 Å². The molecule has 0 saturated heterocycles. The van der Waals surface area contributed by atoms with E-state index in [1.54, 1.807) is 0 Å². The van der Waals surface area contributed by atoms with Gasteiger partial charge in [0.05, 0.1) is 0 Å². The summed E-state index contributed by atoms with van der Waals surface area (Å²) in [6, 6.07) is 7.86. The summed E-state index contributed by atoms with van der Waals surface area (Å²) in [4.78, 5) is 0. The number of hydrogen-bond acceptors (Lipinski definition) is 1. The quantitative estimate of drug-likeness (QED) is 0.471. The highest BCUT2D eigenvalue weighted by atomic mass is 16.5. The van der Waals surface area contributed by atoms with Crippen molar-refractivity contribution in [3.8, 4) is 5.75 Å². The van der Waals surface area contributed by atoms with E-state index >= 15 is 0 Å². The van der Waals surface area contributed by atoms with Gasteiger partial charge < -0.3 is 4.74 Å². The van der Waals surface area contributed by atoms with Crippen LogP contribution in [0.2, 0.25) is 0 Å². The fraction of sp³-hybridized carbons (Fsp3) is 0.333. The van der Waals surface area contributed by atoms with Gasteiger partial charge in [0.25, 0.3) is 0 Å². The summed E-state index contributed by atoms with van der Waals surface area (Å²) < 4.78 is 5.50. The van der Waals surface area contributed by atoms with Gasteiger partial charge in [0.15, 0.2) is 0 Å². The number of aryl methyl sites for hydroxylation is 1. The molecule has 0 amide bonds. The van der Waals surface area contributed by atoms with Crippen molar-refractivity contribution in [2.24, 2.45) is 0 Å². The predicted octanol–water partition coefficient (Wildman–Crippen LogP) is 6.07. The van der Waals surface area contributed by atoms with E-state index in [1.165, 1.54) is 5.56 Å². The van der Waals surface area contributed by atoms with Crippen molar-refractivity contribution in [2.75, 3.05) is 0 Å². The van der Waals surface area contributed by atoms with Gasteiger partial charge in [-0.1, -0.05) is 70.2 Å². The Hall–Kier alpha value is -1.76. The maximum Gasteiger partial charge on any atom is 0.127 e. The van der Waals surface area contributed by atoms with Crippen LogP contribution in [0.1, 0.15) is 40.2 Å². The van der Waals surface area contributed by atoms with Crippen LogP contribution in [0.3, 0.4) is 0 Å². The predicted molar refractivity (Wildman–Crippen MR) is 87.6 cm³/mol. The molecule has 0 radical (unpaired) electrons. The molecule has 19 heavy (non-hydrogen) atoms. The smallest absolute Gasteiger partial charge is 0.127 e. The standard InChI is InChI=1S/C14H16O.2C2H6/c1-11(2)5-8-13(4)15-14-9-6-12(3)7-10-14;2*1-2/h5-10H,1,4H2,2-3H3;2*1-2H3/b8-5-;;. The lowest BCUT2D eigenvalue weighted by molar-refractivity contribution is 0.447. The molecule has 0 aliphatic carbocycles. The average Bonchev–Trinajstić information content (AvgIpc) is 2.44. The van der Waals surface area contributed by atoms with Gasteiger partial charge in [-0.25, -0.2) is 0 Å². The van der Waals surface area contributed by atoms with E-state index in [0.29, 0.717) is 5.76 Å². The third-order valence-electron chi connectivity index (χ3n) is 1.82. The van der Waals surface area contributed by atoms with Crippen molar-refractivity contribution in [1.82, 2.24) is 0 Å². The molecule has 0 bridgehead atoms. The highest BCUT2D eigenvalue weighted by molar-refractivity contribution is 5.30. The molecule has 0 spiro atoms. The zero-order valence-electron chi connectivity index (χ0n) is 13.3. The van der Waals surface area contributed by atoms with E-state index in [1.807, 2.05) is 78.0 Å². The molecule has 0 atom stereocenters. The molecule has 1 nitrogen and oxygen atoms in total. The minimum atomic E-state index is 0.613. The van der Waals surface area contributed by atoms with E-state index in [9.17, 15) is 0 Å². The Morgan fingerprint density at radius 1 is 0.947 bits per heavy atom. The monoisotopic (exact) mass is 260 g/mol. The van der Waals surface area contributed by atoms with E-state index < -0.39 is 0 Å². The molecule has 0 fully saturated rings. The van der Waals surface area contributed by atoms with Crippen LogP contribution >= 0.6 is 0 Å². The molecule has 1 heteroatoms. The van der Waals surface area contributed by atoms with E-state index in [2.05, 4.69) is 13.2 Å². The molecule has 0 N–H and O–H groups in total. The van der Waals surface area contributed by atoms with Crippen molar-refractivity contribution in [2.45, 2.75) is 41.5 Å². The van der Waals surface area contributed by atoms with Crippen LogP contribution in [0.25, 0.3) is 0 Å². The summed E-state index contributed by atoms with van der Waals surface area (Å²) in [6.45, 7) is 19.5. The van der Waals surface area contributed by atoms with Gasteiger partial charge in [-0.3, -0.25) is 0 Å². The van der Waals surface area contributed by atoms with E-state index in [0.717, 1.165) is 11.3 Å². The number of benzene rings is 1. The lowest BCUT2D eigenvalue weighted by Crippen LogP contribution is -1.89. The lowest BCUT2D eigenvalue weighted by Gasteiger charge is -2.04. The molecule has 0 aliphatic rings. The highest BCUT2D eigenvalue weighted by Gasteiger charge is 1.93. The maximum atomic E-state index is 5.50. The zero-order chi connectivity index (χ0) is 15.3. The lowest BCUT2D eigenvalue weighted by atomic mass is 10.2. The minimum absolute atomic E-state index is 0.613. The molecule has 1 aromatic carbocycles. The van der Waals surface area contributed by atoms with Crippen LogP contribution in [0.15, 0.2) is 60.9 Å². The molecule has 0 heterocycles. The van der Waals surface area contributed by atoms with E-state index in [-0.39, 0.29) is 0 Å². The second-order valence-corrected chi connectivity index (χ2v) is 3.56. The largest absolute Gasteiger partial charge is 0.458 e. The molecular weight excluding hydrogens is 232 g/mol. The Bertz CT molecular complexity index is 383. The summed E-state index contributed by atoms with van der Waals surface area (Å²) in [5, 5.41) is 0. The van der Waals surface area contributed by atoms with Crippen LogP contribution in [0.5, 0.6) is 5.75 Å². The first kappa shape index (κ1) is 19.6. The molecular formula is C18H28O. The Morgan fingerprint density at radius 2 is 1.42 bits per heavy atom. The summed E-state index contributed by atoms with van der Waals surface area (Å²) in [6.07, 6.45) is 3.68. The van der Waals surface area contributed by atoms with Crippen LogP contribution < -0.4 is 4.74 Å². The van der Waals surface area contributed by atoms with Crippen molar-refractivity contribution >= 4 is 0 Å². The third kappa shape index (κ3) is 11.1. The average molecular weight is 260 g/mol. The first-order valence-electron chi connectivity index (χ1n) is 6.85. The van der Waals surface area contributed by atoms with Gasteiger partial charge in [0, 0.05) is 0 Å². The van der Waals surface area contributed by atoms with Gasteiger partial charge in [-0.2, -0.15) is 0 Å². The molecule has 0 aromatic heterocycles. The first-order chi connectivity index (χ1) is 9.08. The Kier molecular flexibility index (Phi) is 13.1. The SMILES string of the molecule is C=C(C)/C=C\C(=C)Oc1ccc(C)cc1.CC.CC.